The molecular formula is C30H34N4O4. The number of rotatable bonds is 10. The highest BCUT2D eigenvalue weighted by atomic mass is 16.4. The molecule has 1 fully saturated rings. The summed E-state index contributed by atoms with van der Waals surface area (Å²) < 4.78 is 0. The molecule has 1 saturated heterocycles. The molecule has 8 heteroatoms. The Morgan fingerprint density at radius 1 is 1.13 bits per heavy atom. The lowest BCUT2D eigenvalue weighted by Gasteiger charge is -2.19. The molecule has 1 aliphatic rings. The first-order chi connectivity index (χ1) is 18.2. The van der Waals surface area contributed by atoms with Crippen LogP contribution < -0.4 is 15.5 Å². The summed E-state index contributed by atoms with van der Waals surface area (Å²) in [7, 11) is 0. The number of hydrogen-bond acceptors (Lipinski definition) is 5. The second kappa shape index (κ2) is 11.9. The van der Waals surface area contributed by atoms with Crippen LogP contribution in [0.25, 0.3) is 0 Å². The predicted octanol–water partition coefficient (Wildman–Crippen LogP) is 4.15. The van der Waals surface area contributed by atoms with Gasteiger partial charge in [0.1, 0.15) is 11.9 Å². The highest BCUT2D eigenvalue weighted by Gasteiger charge is 2.30. The van der Waals surface area contributed by atoms with Gasteiger partial charge in [-0.3, -0.25) is 9.59 Å². The van der Waals surface area contributed by atoms with E-state index < -0.39 is 12.0 Å². The standard InChI is InChI=1S/C30H34N4O4/c1-4-23-7-5-6-20(3)28(23)29(36)33-25(30(37)38)15-21-8-10-24(11-9-21)34-18-22(16-27(34)35)17-32-26-14-19(2)12-13-31-26/h5-14,22,25H,4,15-18H2,1-3H3,(H,31,32)(H,33,36)(H,37,38). The van der Waals surface area contributed by atoms with Crippen LogP contribution in [0, 0.1) is 19.8 Å². The van der Waals surface area contributed by atoms with Crippen molar-refractivity contribution in [2.24, 2.45) is 5.92 Å². The Balaban J connectivity index is 1.37. The topological polar surface area (TPSA) is 112 Å². The van der Waals surface area contributed by atoms with E-state index in [2.05, 4.69) is 15.6 Å². The maximum absolute atomic E-state index is 13.0. The number of amides is 2. The van der Waals surface area contributed by atoms with Gasteiger partial charge in [-0.1, -0.05) is 37.3 Å². The molecule has 198 valence electrons. The monoisotopic (exact) mass is 514 g/mol. The van der Waals surface area contributed by atoms with E-state index in [1.54, 1.807) is 11.1 Å². The van der Waals surface area contributed by atoms with Gasteiger partial charge >= 0.3 is 5.97 Å². The maximum Gasteiger partial charge on any atom is 0.326 e. The Hall–Kier alpha value is -4.20. The van der Waals surface area contributed by atoms with Gasteiger partial charge in [0, 0.05) is 49.3 Å². The van der Waals surface area contributed by atoms with Crippen molar-refractivity contribution in [3.05, 3.63) is 88.6 Å². The van der Waals surface area contributed by atoms with Gasteiger partial charge in [0.15, 0.2) is 0 Å². The van der Waals surface area contributed by atoms with Gasteiger partial charge in [0.25, 0.3) is 5.91 Å². The summed E-state index contributed by atoms with van der Waals surface area (Å²) in [6.45, 7) is 7.07. The molecule has 2 amide bonds. The third-order valence-electron chi connectivity index (χ3n) is 6.95. The van der Waals surface area contributed by atoms with Crippen molar-refractivity contribution in [2.75, 3.05) is 23.3 Å². The number of aryl methyl sites for hydroxylation is 3. The molecule has 3 N–H and O–H groups in total. The van der Waals surface area contributed by atoms with Crippen LogP contribution in [0.1, 0.15) is 46.0 Å². The van der Waals surface area contributed by atoms with E-state index in [4.69, 9.17) is 0 Å². The summed E-state index contributed by atoms with van der Waals surface area (Å²) in [6.07, 6.45) is 3.03. The van der Waals surface area contributed by atoms with Crippen LogP contribution >= 0.6 is 0 Å². The van der Waals surface area contributed by atoms with E-state index in [-0.39, 0.29) is 24.2 Å². The van der Waals surface area contributed by atoms with Crippen molar-refractivity contribution < 1.29 is 19.5 Å². The molecule has 0 radical (unpaired) electrons. The number of aromatic nitrogens is 1. The molecule has 4 rings (SSSR count). The largest absolute Gasteiger partial charge is 0.480 e. The van der Waals surface area contributed by atoms with Gasteiger partial charge in [-0.2, -0.15) is 0 Å². The Kier molecular flexibility index (Phi) is 8.41. The number of hydrogen-bond donors (Lipinski definition) is 3. The minimum atomic E-state index is -1.10. The lowest BCUT2D eigenvalue weighted by atomic mass is 9.98. The Bertz CT molecular complexity index is 1320. The average molecular weight is 515 g/mol. The van der Waals surface area contributed by atoms with Crippen LogP contribution in [-0.4, -0.2) is 47.0 Å². The minimum absolute atomic E-state index is 0.0578. The van der Waals surface area contributed by atoms with Gasteiger partial charge in [-0.25, -0.2) is 9.78 Å². The third kappa shape index (κ3) is 6.37. The molecule has 0 bridgehead atoms. The first kappa shape index (κ1) is 26.9. The SMILES string of the molecule is CCc1cccc(C)c1C(=O)NC(Cc1ccc(N2CC(CNc3cc(C)ccn3)CC2=O)cc1)C(=O)O. The smallest absolute Gasteiger partial charge is 0.326 e. The van der Waals surface area contributed by atoms with Crippen molar-refractivity contribution in [1.82, 2.24) is 10.3 Å². The summed E-state index contributed by atoms with van der Waals surface area (Å²) in [5.74, 6) is -0.462. The number of nitrogens with zero attached hydrogens (tertiary/aromatic N) is 2. The zero-order valence-electron chi connectivity index (χ0n) is 22.0. The van der Waals surface area contributed by atoms with E-state index in [0.29, 0.717) is 31.5 Å². The van der Waals surface area contributed by atoms with Crippen LogP contribution in [0.4, 0.5) is 11.5 Å². The fourth-order valence-electron chi connectivity index (χ4n) is 4.88. The maximum atomic E-state index is 13.0. The molecule has 2 atom stereocenters. The normalized spacial score (nSPS) is 15.8. The fraction of sp³-hybridized carbons (Fsp3) is 0.333. The number of pyridine rings is 1. The summed E-state index contributed by atoms with van der Waals surface area (Å²) >= 11 is 0. The van der Waals surface area contributed by atoms with E-state index in [1.165, 1.54) is 0 Å². The van der Waals surface area contributed by atoms with Crippen molar-refractivity contribution in [3.8, 4) is 0 Å². The number of carbonyl (C=O) groups excluding carboxylic acids is 2. The fourth-order valence-corrected chi connectivity index (χ4v) is 4.88. The number of anilines is 2. The second-order valence-electron chi connectivity index (χ2n) is 9.87. The second-order valence-corrected chi connectivity index (χ2v) is 9.87. The minimum Gasteiger partial charge on any atom is -0.480 e. The van der Waals surface area contributed by atoms with Gasteiger partial charge in [0.2, 0.25) is 5.91 Å². The molecule has 2 unspecified atom stereocenters. The quantitative estimate of drug-likeness (QED) is 0.375. The predicted molar refractivity (Wildman–Crippen MR) is 148 cm³/mol. The summed E-state index contributed by atoms with van der Waals surface area (Å²) in [5, 5.41) is 15.8. The number of carbonyl (C=O) groups is 3. The average Bonchev–Trinajstić information content (AvgIpc) is 3.27. The zero-order valence-corrected chi connectivity index (χ0v) is 22.0. The number of nitrogens with one attached hydrogen (secondary N) is 2. The lowest BCUT2D eigenvalue weighted by molar-refractivity contribution is -0.139. The Morgan fingerprint density at radius 3 is 2.58 bits per heavy atom. The van der Waals surface area contributed by atoms with Crippen LogP contribution in [0.15, 0.2) is 60.8 Å². The molecule has 0 aliphatic carbocycles. The summed E-state index contributed by atoms with van der Waals surface area (Å²) in [5.41, 5.74) is 4.89. The number of carboxylic acid groups (broad SMARTS) is 1. The number of carboxylic acids is 1. The molecule has 3 aromatic rings. The van der Waals surface area contributed by atoms with E-state index in [1.807, 2.05) is 75.4 Å². The van der Waals surface area contributed by atoms with Crippen LogP contribution in [-0.2, 0) is 22.4 Å². The molecule has 2 heterocycles. The molecule has 8 nitrogen and oxygen atoms in total. The van der Waals surface area contributed by atoms with E-state index in [0.717, 1.165) is 33.8 Å². The highest BCUT2D eigenvalue weighted by molar-refractivity contribution is 5.99. The Labute approximate surface area is 223 Å². The highest BCUT2D eigenvalue weighted by Crippen LogP contribution is 2.26. The van der Waals surface area contributed by atoms with Gasteiger partial charge < -0.3 is 20.6 Å². The Morgan fingerprint density at radius 2 is 1.89 bits per heavy atom. The van der Waals surface area contributed by atoms with Gasteiger partial charge in [-0.05, 0) is 66.8 Å². The molecule has 1 aromatic heterocycles. The van der Waals surface area contributed by atoms with Gasteiger partial charge in [0.05, 0.1) is 0 Å². The van der Waals surface area contributed by atoms with Crippen LogP contribution in [0.5, 0.6) is 0 Å². The third-order valence-corrected chi connectivity index (χ3v) is 6.95. The van der Waals surface area contributed by atoms with Crippen molar-refractivity contribution >= 4 is 29.3 Å². The summed E-state index contributed by atoms with van der Waals surface area (Å²) in [6, 6.07) is 15.8. The first-order valence-electron chi connectivity index (χ1n) is 12.9. The van der Waals surface area contributed by atoms with Crippen LogP contribution in [0.3, 0.4) is 0 Å². The van der Waals surface area contributed by atoms with E-state index >= 15 is 0 Å². The van der Waals surface area contributed by atoms with Gasteiger partial charge in [-0.15, -0.1) is 0 Å². The molecule has 0 spiro atoms. The van der Waals surface area contributed by atoms with Crippen molar-refractivity contribution in [2.45, 2.75) is 46.1 Å². The molecule has 1 aliphatic heterocycles. The molecule has 0 saturated carbocycles. The molecule has 38 heavy (non-hydrogen) atoms. The summed E-state index contributed by atoms with van der Waals surface area (Å²) in [4.78, 5) is 43.7. The molecular weight excluding hydrogens is 480 g/mol. The number of aliphatic carboxylic acids is 1. The molecule has 2 aromatic carbocycles. The number of benzene rings is 2. The van der Waals surface area contributed by atoms with Crippen molar-refractivity contribution in [3.63, 3.8) is 0 Å². The zero-order chi connectivity index (χ0) is 27.2. The van der Waals surface area contributed by atoms with E-state index in [9.17, 15) is 19.5 Å². The van der Waals surface area contributed by atoms with Crippen molar-refractivity contribution in [1.29, 1.82) is 0 Å². The van der Waals surface area contributed by atoms with Crippen LogP contribution in [0.2, 0.25) is 0 Å². The lowest BCUT2D eigenvalue weighted by Crippen LogP contribution is -2.42. The first-order valence-corrected chi connectivity index (χ1v) is 12.9.